The van der Waals surface area contributed by atoms with Gasteiger partial charge < -0.3 is 15.2 Å². The number of hydrogen-bond acceptors (Lipinski definition) is 5. The Morgan fingerprint density at radius 1 is 1.36 bits per heavy atom. The third-order valence-electron chi connectivity index (χ3n) is 3.54. The Kier molecular flexibility index (Phi) is 5.91. The highest BCUT2D eigenvalue weighted by Crippen LogP contribution is 2.27. The normalized spacial score (nSPS) is 16.9. The van der Waals surface area contributed by atoms with E-state index < -0.39 is 30.4 Å². The van der Waals surface area contributed by atoms with Gasteiger partial charge in [0, 0.05) is 19.3 Å². The lowest BCUT2D eigenvalue weighted by Gasteiger charge is -2.25. The number of hydrogen-bond donors (Lipinski definition) is 2. The van der Waals surface area contributed by atoms with Crippen LogP contribution < -0.4 is 15.8 Å². The molecule has 1 aliphatic rings. The molecule has 0 aliphatic carbocycles. The minimum Gasteiger partial charge on any atom is -0.348 e. The molecule has 2 aromatic rings. The zero-order valence-electron chi connectivity index (χ0n) is 12.7. The molecular formula is C14H14Cl2F3N5O. The zero-order valence-corrected chi connectivity index (χ0v) is 14.3. The van der Waals surface area contributed by atoms with E-state index in [9.17, 15) is 18.0 Å². The van der Waals surface area contributed by atoms with Crippen molar-refractivity contribution in [3.63, 3.8) is 0 Å². The van der Waals surface area contributed by atoms with Crippen LogP contribution in [0.15, 0.2) is 23.3 Å². The Morgan fingerprint density at radius 3 is 2.84 bits per heavy atom. The van der Waals surface area contributed by atoms with Crippen molar-refractivity contribution < 1.29 is 13.2 Å². The van der Waals surface area contributed by atoms with Gasteiger partial charge in [-0.2, -0.15) is 0 Å². The molecule has 2 N–H and O–H groups in total. The maximum absolute atomic E-state index is 13.9. The van der Waals surface area contributed by atoms with Gasteiger partial charge in [-0.25, -0.2) is 18.2 Å². The Labute approximate surface area is 151 Å². The summed E-state index contributed by atoms with van der Waals surface area (Å²) in [5.74, 6) is -3.90. The molecule has 0 aromatic carbocycles. The van der Waals surface area contributed by atoms with Gasteiger partial charge in [-0.05, 0) is 6.07 Å². The van der Waals surface area contributed by atoms with Crippen LogP contribution in [-0.2, 0) is 0 Å². The van der Waals surface area contributed by atoms with Crippen molar-refractivity contribution in [2.24, 2.45) is 0 Å². The van der Waals surface area contributed by atoms with Gasteiger partial charge in [-0.1, -0.05) is 11.6 Å². The van der Waals surface area contributed by atoms with Crippen LogP contribution in [0.1, 0.15) is 0 Å². The summed E-state index contributed by atoms with van der Waals surface area (Å²) in [6, 6.07) is 1.32. The van der Waals surface area contributed by atoms with Crippen molar-refractivity contribution >= 4 is 29.8 Å². The van der Waals surface area contributed by atoms with Gasteiger partial charge >= 0.3 is 0 Å². The molecule has 0 bridgehead atoms. The fraction of sp³-hybridized carbons (Fsp3) is 0.357. The highest BCUT2D eigenvalue weighted by molar-refractivity contribution is 6.32. The predicted molar refractivity (Wildman–Crippen MR) is 90.3 cm³/mol. The first kappa shape index (κ1) is 19.5. The summed E-state index contributed by atoms with van der Waals surface area (Å²) in [6.45, 7) is -0.659. The van der Waals surface area contributed by atoms with Crippen molar-refractivity contribution in [2.75, 3.05) is 31.1 Å². The molecular weight excluding hydrogens is 382 g/mol. The molecule has 136 valence electrons. The van der Waals surface area contributed by atoms with E-state index in [0.717, 1.165) is 6.20 Å². The molecule has 0 saturated carbocycles. The minimum absolute atomic E-state index is 0. The molecule has 1 saturated heterocycles. The minimum atomic E-state index is -3.01. The summed E-state index contributed by atoms with van der Waals surface area (Å²) in [7, 11) is 0. The van der Waals surface area contributed by atoms with Crippen molar-refractivity contribution in [1.29, 1.82) is 0 Å². The topological polar surface area (TPSA) is 73.9 Å². The molecule has 11 heteroatoms. The average Bonchev–Trinajstić information content (AvgIpc) is 2.71. The first-order valence-corrected chi connectivity index (χ1v) is 7.48. The van der Waals surface area contributed by atoms with Crippen molar-refractivity contribution in [1.82, 2.24) is 20.3 Å². The molecule has 0 unspecified atom stereocenters. The molecule has 0 amide bonds. The fourth-order valence-electron chi connectivity index (χ4n) is 2.43. The van der Waals surface area contributed by atoms with E-state index in [0.29, 0.717) is 0 Å². The van der Waals surface area contributed by atoms with Crippen LogP contribution >= 0.6 is 24.0 Å². The van der Waals surface area contributed by atoms with Gasteiger partial charge in [0.1, 0.15) is 10.8 Å². The van der Waals surface area contributed by atoms with Gasteiger partial charge in [0.15, 0.2) is 11.6 Å². The summed E-state index contributed by atoms with van der Waals surface area (Å²) in [4.78, 5) is 23.3. The highest BCUT2D eigenvalue weighted by atomic mass is 35.5. The maximum Gasteiger partial charge on any atom is 0.277 e. The van der Waals surface area contributed by atoms with Crippen LogP contribution in [0, 0.1) is 5.82 Å². The molecule has 1 fully saturated rings. The van der Waals surface area contributed by atoms with E-state index in [1.807, 2.05) is 0 Å². The number of aromatic amines is 1. The van der Waals surface area contributed by atoms with Crippen molar-refractivity contribution in [3.05, 3.63) is 39.7 Å². The Morgan fingerprint density at radius 2 is 2.12 bits per heavy atom. The quantitative estimate of drug-likeness (QED) is 0.814. The predicted octanol–water partition coefficient (Wildman–Crippen LogP) is 2.09. The Bertz CT molecular complexity index is 817. The number of rotatable bonds is 2. The van der Waals surface area contributed by atoms with Crippen LogP contribution in [0.3, 0.4) is 0 Å². The van der Waals surface area contributed by atoms with E-state index in [2.05, 4.69) is 20.3 Å². The zero-order chi connectivity index (χ0) is 17.3. The molecule has 1 aliphatic heterocycles. The number of H-pyrrole nitrogens is 1. The first-order valence-electron chi connectivity index (χ1n) is 7.10. The molecule has 0 spiro atoms. The van der Waals surface area contributed by atoms with E-state index in [1.165, 1.54) is 17.2 Å². The number of aromatic nitrogens is 3. The van der Waals surface area contributed by atoms with Crippen molar-refractivity contribution in [2.45, 2.75) is 5.92 Å². The van der Waals surface area contributed by atoms with E-state index in [-0.39, 0.29) is 47.7 Å². The van der Waals surface area contributed by atoms with Gasteiger partial charge in [0.2, 0.25) is 0 Å². The number of alkyl halides is 2. The first-order chi connectivity index (χ1) is 11.4. The highest BCUT2D eigenvalue weighted by Gasteiger charge is 2.35. The monoisotopic (exact) mass is 395 g/mol. The standard InChI is InChI=1S/C14H13ClF3N5O.ClH/c15-10-12(23-4-3-20-6-14(17,18)7-23)21-11(22-13(10)24)8-1-2-19-5-9(8)16;/h1-2,5,20H,3-4,6-7H2,(H,21,22,24);1H. The molecule has 6 nitrogen and oxygen atoms in total. The Hall–Kier alpha value is -1.84. The summed E-state index contributed by atoms with van der Waals surface area (Å²) in [5.41, 5.74) is -0.729. The van der Waals surface area contributed by atoms with Gasteiger partial charge in [-0.3, -0.25) is 9.78 Å². The van der Waals surface area contributed by atoms with Crippen LogP contribution in [0.2, 0.25) is 5.02 Å². The largest absolute Gasteiger partial charge is 0.348 e. The summed E-state index contributed by atoms with van der Waals surface area (Å²) in [5, 5.41) is 2.30. The second-order valence-electron chi connectivity index (χ2n) is 5.36. The number of anilines is 1. The lowest BCUT2D eigenvalue weighted by Crippen LogP contribution is -2.39. The number of pyridine rings is 1. The van der Waals surface area contributed by atoms with E-state index in [1.54, 1.807) is 0 Å². The Balaban J connectivity index is 0.00000225. The third-order valence-corrected chi connectivity index (χ3v) is 3.88. The van der Waals surface area contributed by atoms with Crippen LogP contribution in [-0.4, -0.2) is 47.1 Å². The molecule has 2 aromatic heterocycles. The SMILES string of the molecule is Cl.O=c1[nH]c(-c2ccncc2F)nc(N2CCNCC(F)(F)C2)c1Cl. The molecule has 3 rings (SSSR count). The molecule has 25 heavy (non-hydrogen) atoms. The molecule has 0 atom stereocenters. The van der Waals surface area contributed by atoms with Crippen LogP contribution in [0.5, 0.6) is 0 Å². The third kappa shape index (κ3) is 4.23. The fourth-order valence-corrected chi connectivity index (χ4v) is 2.64. The number of nitrogens with zero attached hydrogens (tertiary/aromatic N) is 3. The van der Waals surface area contributed by atoms with Crippen LogP contribution in [0.4, 0.5) is 19.0 Å². The lowest BCUT2D eigenvalue weighted by atomic mass is 10.2. The summed E-state index contributed by atoms with van der Waals surface area (Å²) < 4.78 is 41.5. The van der Waals surface area contributed by atoms with E-state index >= 15 is 0 Å². The van der Waals surface area contributed by atoms with Crippen molar-refractivity contribution in [3.8, 4) is 11.4 Å². The average molecular weight is 396 g/mol. The van der Waals surface area contributed by atoms with Gasteiger partial charge in [-0.15, -0.1) is 12.4 Å². The lowest BCUT2D eigenvalue weighted by molar-refractivity contribution is 0.0156. The van der Waals surface area contributed by atoms with Crippen LogP contribution in [0.25, 0.3) is 11.4 Å². The number of nitrogens with one attached hydrogen (secondary N) is 2. The molecule has 0 radical (unpaired) electrons. The second kappa shape index (κ2) is 7.59. The number of halogens is 5. The second-order valence-corrected chi connectivity index (χ2v) is 5.74. The van der Waals surface area contributed by atoms with Gasteiger partial charge in [0.25, 0.3) is 11.5 Å². The van der Waals surface area contributed by atoms with Gasteiger partial charge in [0.05, 0.1) is 24.8 Å². The van der Waals surface area contributed by atoms with E-state index in [4.69, 9.17) is 11.6 Å². The maximum atomic E-state index is 13.9. The smallest absolute Gasteiger partial charge is 0.277 e. The summed E-state index contributed by atoms with van der Waals surface area (Å²) >= 11 is 5.95. The molecule has 3 heterocycles. The summed E-state index contributed by atoms with van der Waals surface area (Å²) in [6.07, 6.45) is 2.30.